The van der Waals surface area contributed by atoms with Gasteiger partial charge in [0.1, 0.15) is 0 Å². The van der Waals surface area contributed by atoms with Crippen LogP contribution in [0.25, 0.3) is 0 Å². The predicted octanol–water partition coefficient (Wildman–Crippen LogP) is 3.31. The summed E-state index contributed by atoms with van der Waals surface area (Å²) in [6.45, 7) is 6.67. The van der Waals surface area contributed by atoms with Crippen LogP contribution >= 0.6 is 0 Å². The van der Waals surface area contributed by atoms with Gasteiger partial charge in [-0.2, -0.15) is 0 Å². The summed E-state index contributed by atoms with van der Waals surface area (Å²) < 4.78 is 0. The van der Waals surface area contributed by atoms with Gasteiger partial charge in [-0.25, -0.2) is 0 Å². The minimum atomic E-state index is -0.561. The summed E-state index contributed by atoms with van der Waals surface area (Å²) in [6, 6.07) is 0. The lowest BCUT2D eigenvalue weighted by atomic mass is 9.47. The third kappa shape index (κ3) is 1.49. The van der Waals surface area contributed by atoms with Crippen molar-refractivity contribution in [3.05, 3.63) is 0 Å². The number of hydrogen-bond acceptors (Lipinski definition) is 1. The van der Waals surface area contributed by atoms with Crippen molar-refractivity contribution >= 4 is 5.97 Å². The summed E-state index contributed by atoms with van der Waals surface area (Å²) in [5, 5.41) is 9.39. The van der Waals surface area contributed by atoms with E-state index in [4.69, 9.17) is 0 Å². The fourth-order valence-corrected chi connectivity index (χ4v) is 3.88. The molecule has 0 spiro atoms. The lowest BCUT2D eigenvalue weighted by Gasteiger charge is -2.57. The second kappa shape index (κ2) is 3.23. The minimum absolute atomic E-state index is 0.0926. The van der Waals surface area contributed by atoms with Crippen LogP contribution in [0.15, 0.2) is 0 Å². The van der Waals surface area contributed by atoms with Crippen molar-refractivity contribution in [1.82, 2.24) is 0 Å². The van der Waals surface area contributed by atoms with Crippen molar-refractivity contribution in [1.29, 1.82) is 0 Å². The number of carboxylic acids is 1. The molecule has 3 fully saturated rings. The molecular weight excluding hydrogens is 188 g/mol. The monoisotopic (exact) mass is 210 g/mol. The second-order valence-corrected chi connectivity index (χ2v) is 6.29. The minimum Gasteiger partial charge on any atom is -0.481 e. The fourth-order valence-electron chi connectivity index (χ4n) is 3.88. The highest BCUT2D eigenvalue weighted by atomic mass is 16.4. The number of aliphatic carboxylic acids is 1. The maximum atomic E-state index is 11.4. The molecule has 2 bridgehead atoms. The van der Waals surface area contributed by atoms with Gasteiger partial charge in [0.15, 0.2) is 0 Å². The Kier molecular flexibility index (Phi) is 2.36. The molecule has 1 N–H and O–H groups in total. The summed E-state index contributed by atoms with van der Waals surface area (Å²) in [4.78, 5) is 11.4. The van der Waals surface area contributed by atoms with Crippen molar-refractivity contribution in [3.63, 3.8) is 0 Å². The van der Waals surface area contributed by atoms with E-state index in [0.29, 0.717) is 11.3 Å². The van der Waals surface area contributed by atoms with E-state index in [2.05, 4.69) is 20.8 Å². The number of carbonyl (C=O) groups is 1. The Bertz CT molecular complexity index is 272. The van der Waals surface area contributed by atoms with E-state index in [0.717, 1.165) is 19.3 Å². The molecule has 0 aromatic carbocycles. The molecule has 0 radical (unpaired) electrons. The molecule has 0 aliphatic heterocycles. The van der Waals surface area contributed by atoms with Gasteiger partial charge in [-0.3, -0.25) is 4.79 Å². The van der Waals surface area contributed by atoms with Crippen LogP contribution in [-0.2, 0) is 4.79 Å². The van der Waals surface area contributed by atoms with Crippen molar-refractivity contribution in [2.75, 3.05) is 0 Å². The molecule has 2 heteroatoms. The van der Waals surface area contributed by atoms with E-state index in [1.165, 1.54) is 12.8 Å². The first-order valence-corrected chi connectivity index (χ1v) is 6.12. The molecule has 3 aliphatic carbocycles. The zero-order chi connectivity index (χ0) is 11.3. The SMILES string of the molecule is CC(C)C12CCC(C)(CC1)CC2C(=O)O. The molecule has 0 amide bonds. The average Bonchev–Trinajstić information content (AvgIpc) is 2.17. The van der Waals surface area contributed by atoms with Gasteiger partial charge in [0.2, 0.25) is 0 Å². The van der Waals surface area contributed by atoms with Crippen LogP contribution in [0.4, 0.5) is 0 Å². The normalized spacial score (nSPS) is 44.7. The molecule has 0 saturated heterocycles. The Balaban J connectivity index is 2.33. The lowest BCUT2D eigenvalue weighted by molar-refractivity contribution is -0.163. The second-order valence-electron chi connectivity index (χ2n) is 6.29. The molecule has 3 rings (SSSR count). The zero-order valence-corrected chi connectivity index (χ0v) is 10.0. The van der Waals surface area contributed by atoms with E-state index >= 15 is 0 Å². The predicted molar refractivity (Wildman–Crippen MR) is 59.6 cm³/mol. The highest BCUT2D eigenvalue weighted by Crippen LogP contribution is 2.62. The molecule has 0 heterocycles. The molecular formula is C13H22O2. The molecule has 15 heavy (non-hydrogen) atoms. The van der Waals surface area contributed by atoms with E-state index < -0.39 is 5.97 Å². The van der Waals surface area contributed by atoms with Crippen molar-refractivity contribution in [3.8, 4) is 0 Å². The fraction of sp³-hybridized carbons (Fsp3) is 0.923. The molecule has 0 aromatic heterocycles. The van der Waals surface area contributed by atoms with Gasteiger partial charge >= 0.3 is 5.97 Å². The maximum absolute atomic E-state index is 11.4. The van der Waals surface area contributed by atoms with Crippen molar-refractivity contribution < 1.29 is 9.90 Å². The Morgan fingerprint density at radius 2 is 1.80 bits per heavy atom. The number of fused-ring (bicyclic) bond motifs is 3. The number of hydrogen-bond donors (Lipinski definition) is 1. The van der Waals surface area contributed by atoms with Crippen LogP contribution in [-0.4, -0.2) is 11.1 Å². The van der Waals surface area contributed by atoms with Gasteiger partial charge in [-0.15, -0.1) is 0 Å². The first-order chi connectivity index (χ1) is 6.90. The third-order valence-corrected chi connectivity index (χ3v) is 5.23. The smallest absolute Gasteiger partial charge is 0.307 e. The average molecular weight is 210 g/mol. The topological polar surface area (TPSA) is 37.3 Å². The molecule has 0 aromatic rings. The van der Waals surface area contributed by atoms with E-state index in [9.17, 15) is 9.90 Å². The number of rotatable bonds is 2. The Labute approximate surface area is 92.1 Å². The van der Waals surface area contributed by atoms with Gasteiger partial charge in [0.05, 0.1) is 5.92 Å². The molecule has 86 valence electrons. The van der Waals surface area contributed by atoms with Gasteiger partial charge in [0.25, 0.3) is 0 Å². The maximum Gasteiger partial charge on any atom is 0.307 e. The van der Waals surface area contributed by atoms with Crippen LogP contribution in [0.5, 0.6) is 0 Å². The number of carboxylic acid groups (broad SMARTS) is 1. The van der Waals surface area contributed by atoms with Crippen LogP contribution < -0.4 is 0 Å². The Morgan fingerprint density at radius 1 is 1.27 bits per heavy atom. The van der Waals surface area contributed by atoms with Crippen molar-refractivity contribution in [2.45, 2.75) is 52.9 Å². The Morgan fingerprint density at radius 3 is 2.20 bits per heavy atom. The van der Waals surface area contributed by atoms with Gasteiger partial charge in [-0.1, -0.05) is 20.8 Å². The van der Waals surface area contributed by atoms with Crippen LogP contribution in [0.1, 0.15) is 52.9 Å². The summed E-state index contributed by atoms with van der Waals surface area (Å²) >= 11 is 0. The van der Waals surface area contributed by atoms with E-state index in [1.54, 1.807) is 0 Å². The summed E-state index contributed by atoms with van der Waals surface area (Å²) in [5.74, 6) is -0.150. The molecule has 3 saturated carbocycles. The zero-order valence-electron chi connectivity index (χ0n) is 10.0. The summed E-state index contributed by atoms with van der Waals surface area (Å²) in [7, 11) is 0. The van der Waals surface area contributed by atoms with Crippen LogP contribution in [0.3, 0.4) is 0 Å². The quantitative estimate of drug-likeness (QED) is 0.759. The summed E-state index contributed by atoms with van der Waals surface area (Å²) in [6.07, 6.45) is 5.61. The first-order valence-electron chi connectivity index (χ1n) is 6.12. The van der Waals surface area contributed by atoms with Crippen LogP contribution in [0.2, 0.25) is 0 Å². The lowest BCUT2D eigenvalue weighted by Crippen LogP contribution is -2.52. The standard InChI is InChI=1S/C13H22O2/c1-9(2)13-6-4-12(3,5-7-13)8-10(13)11(14)15/h9-10H,4-8H2,1-3H3,(H,14,15). The van der Waals surface area contributed by atoms with E-state index in [-0.39, 0.29) is 11.3 Å². The third-order valence-electron chi connectivity index (χ3n) is 5.23. The van der Waals surface area contributed by atoms with Gasteiger partial charge in [-0.05, 0) is 48.9 Å². The van der Waals surface area contributed by atoms with Crippen molar-refractivity contribution in [2.24, 2.45) is 22.7 Å². The molecule has 3 aliphatic rings. The van der Waals surface area contributed by atoms with E-state index in [1.807, 2.05) is 0 Å². The van der Waals surface area contributed by atoms with Gasteiger partial charge < -0.3 is 5.11 Å². The Hall–Kier alpha value is -0.530. The highest BCUT2D eigenvalue weighted by molar-refractivity contribution is 5.71. The molecule has 1 atom stereocenters. The van der Waals surface area contributed by atoms with Crippen LogP contribution in [0, 0.1) is 22.7 Å². The molecule has 2 nitrogen and oxygen atoms in total. The largest absolute Gasteiger partial charge is 0.481 e. The first kappa shape index (κ1) is 11.0. The highest BCUT2D eigenvalue weighted by Gasteiger charge is 2.56. The summed E-state index contributed by atoms with van der Waals surface area (Å²) in [5.41, 5.74) is 0.420. The van der Waals surface area contributed by atoms with Gasteiger partial charge in [0, 0.05) is 0 Å². The molecule has 1 unspecified atom stereocenters.